The highest BCUT2D eigenvalue weighted by Gasteiger charge is 2.10. The van der Waals surface area contributed by atoms with Gasteiger partial charge in [-0.15, -0.1) is 11.8 Å². The first-order valence-electron chi connectivity index (χ1n) is 5.07. The minimum absolute atomic E-state index is 0.651. The minimum Gasteiger partial charge on any atom is -0.441 e. The summed E-state index contributed by atoms with van der Waals surface area (Å²) >= 11 is 1.65. The molecule has 0 saturated carbocycles. The third-order valence-corrected chi connectivity index (χ3v) is 3.31. The van der Waals surface area contributed by atoms with Gasteiger partial charge in [0.25, 0.3) is 0 Å². The van der Waals surface area contributed by atoms with Crippen LogP contribution in [0.25, 0.3) is 11.5 Å². The van der Waals surface area contributed by atoms with Crippen molar-refractivity contribution in [2.45, 2.75) is 25.8 Å². The van der Waals surface area contributed by atoms with E-state index in [9.17, 15) is 0 Å². The average Bonchev–Trinajstić information content (AvgIpc) is 2.59. The number of rotatable bonds is 2. The van der Waals surface area contributed by atoms with Gasteiger partial charge < -0.3 is 4.42 Å². The van der Waals surface area contributed by atoms with E-state index in [1.807, 2.05) is 33.2 Å². The lowest BCUT2D eigenvalue weighted by atomic mass is 10.2. The molecule has 0 amide bonds. The van der Waals surface area contributed by atoms with Crippen LogP contribution in [-0.4, -0.2) is 16.2 Å². The molecule has 0 aliphatic carbocycles. The van der Waals surface area contributed by atoms with Crippen LogP contribution in [0.4, 0.5) is 0 Å². The van der Waals surface area contributed by atoms with E-state index in [0.29, 0.717) is 5.89 Å². The van der Waals surface area contributed by atoms with Crippen LogP contribution in [0, 0.1) is 20.8 Å². The van der Waals surface area contributed by atoms with Gasteiger partial charge in [-0.3, -0.25) is 0 Å². The van der Waals surface area contributed by atoms with E-state index < -0.39 is 0 Å². The number of hydrogen-bond acceptors (Lipinski definition) is 4. The molecular formula is C12H14N2OS. The minimum atomic E-state index is 0.651. The molecule has 0 saturated heterocycles. The smallest absolute Gasteiger partial charge is 0.228 e. The molecule has 2 rings (SSSR count). The van der Waals surface area contributed by atoms with Gasteiger partial charge in [0.1, 0.15) is 5.76 Å². The predicted octanol–water partition coefficient (Wildman–Crippen LogP) is 3.38. The van der Waals surface area contributed by atoms with Gasteiger partial charge in [-0.2, -0.15) is 0 Å². The number of nitrogens with zero attached hydrogens (tertiary/aromatic N) is 2. The first-order valence-corrected chi connectivity index (χ1v) is 6.29. The SMILES string of the molecule is CSc1ncc(-c2nc(C)c(C)o2)cc1C. The van der Waals surface area contributed by atoms with E-state index in [0.717, 1.165) is 27.6 Å². The molecule has 0 bridgehead atoms. The van der Waals surface area contributed by atoms with Gasteiger partial charge in [0, 0.05) is 6.20 Å². The number of aryl methyl sites for hydroxylation is 3. The highest BCUT2D eigenvalue weighted by molar-refractivity contribution is 7.98. The zero-order valence-electron chi connectivity index (χ0n) is 9.87. The molecular weight excluding hydrogens is 220 g/mol. The second-order valence-electron chi connectivity index (χ2n) is 3.71. The zero-order valence-corrected chi connectivity index (χ0v) is 10.7. The van der Waals surface area contributed by atoms with Gasteiger partial charge >= 0.3 is 0 Å². The third-order valence-electron chi connectivity index (χ3n) is 2.50. The summed E-state index contributed by atoms with van der Waals surface area (Å²) in [6, 6.07) is 2.06. The van der Waals surface area contributed by atoms with E-state index >= 15 is 0 Å². The van der Waals surface area contributed by atoms with E-state index in [1.54, 1.807) is 11.8 Å². The van der Waals surface area contributed by atoms with Crippen molar-refractivity contribution >= 4 is 11.8 Å². The number of thioether (sulfide) groups is 1. The molecule has 2 aromatic heterocycles. The number of aromatic nitrogens is 2. The maximum absolute atomic E-state index is 5.57. The molecule has 0 aromatic carbocycles. The molecule has 0 N–H and O–H groups in total. The maximum Gasteiger partial charge on any atom is 0.228 e. The molecule has 0 aliphatic heterocycles. The Balaban J connectivity index is 2.45. The van der Waals surface area contributed by atoms with E-state index in [2.05, 4.69) is 16.0 Å². The fourth-order valence-corrected chi connectivity index (χ4v) is 2.03. The Hall–Kier alpha value is -1.29. The maximum atomic E-state index is 5.57. The van der Waals surface area contributed by atoms with Crippen LogP contribution >= 0.6 is 11.8 Å². The Morgan fingerprint density at radius 1 is 1.25 bits per heavy atom. The van der Waals surface area contributed by atoms with Crippen molar-refractivity contribution in [3.8, 4) is 11.5 Å². The summed E-state index contributed by atoms with van der Waals surface area (Å²) in [5.74, 6) is 1.51. The fraction of sp³-hybridized carbons (Fsp3) is 0.333. The van der Waals surface area contributed by atoms with Crippen molar-refractivity contribution in [2.24, 2.45) is 0 Å². The summed E-state index contributed by atoms with van der Waals surface area (Å²) in [6.45, 7) is 5.91. The number of oxazole rings is 1. The summed E-state index contributed by atoms with van der Waals surface area (Å²) in [4.78, 5) is 8.74. The van der Waals surface area contributed by atoms with E-state index in [-0.39, 0.29) is 0 Å². The summed E-state index contributed by atoms with van der Waals surface area (Å²) < 4.78 is 5.57. The van der Waals surface area contributed by atoms with Crippen molar-refractivity contribution in [3.63, 3.8) is 0 Å². The topological polar surface area (TPSA) is 38.9 Å². The summed E-state index contributed by atoms with van der Waals surface area (Å²) in [5, 5.41) is 1.05. The molecule has 2 heterocycles. The van der Waals surface area contributed by atoms with Crippen molar-refractivity contribution in [2.75, 3.05) is 6.26 Å². The summed E-state index contributed by atoms with van der Waals surface area (Å²) in [7, 11) is 0. The Labute approximate surface area is 99.3 Å². The van der Waals surface area contributed by atoms with Gasteiger partial charge in [0.15, 0.2) is 0 Å². The van der Waals surface area contributed by atoms with E-state index in [4.69, 9.17) is 4.42 Å². The molecule has 3 nitrogen and oxygen atoms in total. The molecule has 84 valence electrons. The van der Waals surface area contributed by atoms with Crippen molar-refractivity contribution in [1.82, 2.24) is 9.97 Å². The van der Waals surface area contributed by atoms with Gasteiger partial charge in [-0.25, -0.2) is 9.97 Å². The van der Waals surface area contributed by atoms with Gasteiger partial charge in [-0.05, 0) is 38.7 Å². The molecule has 0 aliphatic rings. The Morgan fingerprint density at radius 2 is 2.00 bits per heavy atom. The van der Waals surface area contributed by atoms with Crippen LogP contribution in [0.2, 0.25) is 0 Å². The molecule has 0 spiro atoms. The second kappa shape index (κ2) is 4.29. The Morgan fingerprint density at radius 3 is 2.50 bits per heavy atom. The largest absolute Gasteiger partial charge is 0.441 e. The second-order valence-corrected chi connectivity index (χ2v) is 4.51. The van der Waals surface area contributed by atoms with Crippen molar-refractivity contribution in [3.05, 3.63) is 29.3 Å². The fourth-order valence-electron chi connectivity index (χ4n) is 1.49. The lowest BCUT2D eigenvalue weighted by Crippen LogP contribution is -1.87. The molecule has 0 fully saturated rings. The quantitative estimate of drug-likeness (QED) is 0.747. The molecule has 4 heteroatoms. The monoisotopic (exact) mass is 234 g/mol. The predicted molar refractivity (Wildman–Crippen MR) is 65.7 cm³/mol. The van der Waals surface area contributed by atoms with Crippen LogP contribution in [-0.2, 0) is 0 Å². The van der Waals surface area contributed by atoms with Crippen molar-refractivity contribution in [1.29, 1.82) is 0 Å². The highest BCUT2D eigenvalue weighted by atomic mass is 32.2. The van der Waals surface area contributed by atoms with Crippen molar-refractivity contribution < 1.29 is 4.42 Å². The number of hydrogen-bond donors (Lipinski definition) is 0. The van der Waals surface area contributed by atoms with Gasteiger partial charge in [0.05, 0.1) is 16.3 Å². The molecule has 0 atom stereocenters. The summed E-state index contributed by atoms with van der Waals surface area (Å²) in [5.41, 5.74) is 3.02. The van der Waals surface area contributed by atoms with Crippen LogP contribution in [0.15, 0.2) is 21.7 Å². The standard InChI is InChI=1S/C12H14N2OS/c1-7-5-10(6-13-12(7)16-4)11-14-8(2)9(3)15-11/h5-6H,1-4H3. The lowest BCUT2D eigenvalue weighted by molar-refractivity contribution is 0.540. The lowest BCUT2D eigenvalue weighted by Gasteiger charge is -2.02. The zero-order chi connectivity index (χ0) is 11.7. The molecule has 0 radical (unpaired) electrons. The van der Waals surface area contributed by atoms with Gasteiger partial charge in [-0.1, -0.05) is 0 Å². The Bertz CT molecular complexity index is 500. The van der Waals surface area contributed by atoms with Crippen LogP contribution in [0.5, 0.6) is 0 Å². The Kier molecular flexibility index (Phi) is 3.01. The highest BCUT2D eigenvalue weighted by Crippen LogP contribution is 2.25. The van der Waals surface area contributed by atoms with Crippen LogP contribution < -0.4 is 0 Å². The molecule has 0 unspecified atom stereocenters. The molecule has 16 heavy (non-hydrogen) atoms. The van der Waals surface area contributed by atoms with Crippen LogP contribution in [0.3, 0.4) is 0 Å². The van der Waals surface area contributed by atoms with Gasteiger partial charge in [0.2, 0.25) is 5.89 Å². The average molecular weight is 234 g/mol. The first-order chi connectivity index (χ1) is 7.61. The number of pyridine rings is 1. The first kappa shape index (κ1) is 11.2. The van der Waals surface area contributed by atoms with E-state index in [1.165, 1.54) is 0 Å². The molecule has 2 aromatic rings. The van der Waals surface area contributed by atoms with Crippen LogP contribution in [0.1, 0.15) is 17.0 Å². The summed E-state index contributed by atoms with van der Waals surface area (Å²) in [6.07, 6.45) is 3.83. The normalized spacial score (nSPS) is 10.8. The third kappa shape index (κ3) is 1.97.